The zero-order valence-corrected chi connectivity index (χ0v) is 12.4. The van der Waals surface area contributed by atoms with Crippen LogP contribution in [0.4, 0.5) is 0 Å². The molecule has 0 aliphatic heterocycles. The molecule has 1 aromatic rings. The van der Waals surface area contributed by atoms with Crippen LogP contribution in [0.2, 0.25) is 0 Å². The summed E-state index contributed by atoms with van der Waals surface area (Å²) in [6.45, 7) is 0. The van der Waals surface area contributed by atoms with Crippen LogP contribution >= 0.6 is 11.3 Å². The number of methoxy groups -OCH3 is 1. The second-order valence-corrected chi connectivity index (χ2v) is 7.38. The van der Waals surface area contributed by atoms with Gasteiger partial charge in [0.2, 0.25) is 10.0 Å². The van der Waals surface area contributed by atoms with Crippen LogP contribution in [0.15, 0.2) is 28.5 Å². The molecule has 0 fully saturated rings. The van der Waals surface area contributed by atoms with Crippen molar-refractivity contribution in [1.29, 1.82) is 0 Å². The monoisotopic (exact) mass is 317 g/mol. The first-order chi connectivity index (χ1) is 9.44. The molecule has 0 saturated carbocycles. The molecule has 0 unspecified atom stereocenters. The van der Waals surface area contributed by atoms with Crippen molar-refractivity contribution in [2.75, 3.05) is 7.11 Å². The van der Waals surface area contributed by atoms with Gasteiger partial charge in [-0.3, -0.25) is 4.79 Å². The van der Waals surface area contributed by atoms with Gasteiger partial charge >= 0.3 is 5.97 Å². The molecule has 2 atom stereocenters. The molecule has 8 heteroatoms. The molecule has 2 rings (SSSR count). The van der Waals surface area contributed by atoms with E-state index in [2.05, 4.69) is 4.72 Å². The average Bonchev–Trinajstić information content (AvgIpc) is 2.88. The Bertz CT molecular complexity index is 620. The van der Waals surface area contributed by atoms with Crippen LogP contribution in [0.1, 0.15) is 12.8 Å². The minimum absolute atomic E-state index is 0.119. The lowest BCUT2D eigenvalue weighted by Gasteiger charge is -2.25. The first-order valence-corrected chi connectivity index (χ1v) is 8.28. The Morgan fingerprint density at radius 2 is 2.10 bits per heavy atom. The molecule has 1 aromatic heterocycles. The van der Waals surface area contributed by atoms with Crippen molar-refractivity contribution in [2.24, 2.45) is 5.92 Å². The maximum Gasteiger partial charge on any atom is 0.308 e. The van der Waals surface area contributed by atoms with Crippen molar-refractivity contribution in [3.63, 3.8) is 0 Å². The van der Waals surface area contributed by atoms with Crippen LogP contribution in [-0.4, -0.2) is 32.6 Å². The molecule has 0 spiro atoms. The summed E-state index contributed by atoms with van der Waals surface area (Å²) < 4.78 is 32.0. The van der Waals surface area contributed by atoms with E-state index in [1.165, 1.54) is 13.2 Å². The van der Waals surface area contributed by atoms with E-state index in [1.54, 1.807) is 18.2 Å². The molecule has 20 heavy (non-hydrogen) atoms. The van der Waals surface area contributed by atoms with Gasteiger partial charge < -0.3 is 9.84 Å². The number of rotatable bonds is 5. The highest BCUT2D eigenvalue weighted by atomic mass is 32.2. The average molecular weight is 317 g/mol. The van der Waals surface area contributed by atoms with Gasteiger partial charge in [-0.1, -0.05) is 23.5 Å². The predicted molar refractivity (Wildman–Crippen MR) is 74.5 cm³/mol. The summed E-state index contributed by atoms with van der Waals surface area (Å²) in [5.74, 6) is -1.73. The second-order valence-electron chi connectivity index (χ2n) is 4.39. The Labute approximate surface area is 121 Å². The maximum absolute atomic E-state index is 12.2. The van der Waals surface area contributed by atoms with Gasteiger partial charge in [0.25, 0.3) is 0 Å². The SMILES string of the molecule is COc1ccc(S(=O)(=O)N[C@@H]2CC=CC[C@@H]2C(=O)O)s1. The van der Waals surface area contributed by atoms with E-state index in [4.69, 9.17) is 9.84 Å². The Kier molecular flexibility index (Phi) is 4.46. The third-order valence-corrected chi connectivity index (χ3v) is 6.11. The fraction of sp³-hybridized carbons (Fsp3) is 0.417. The van der Waals surface area contributed by atoms with E-state index in [-0.39, 0.29) is 4.21 Å². The Morgan fingerprint density at radius 3 is 2.70 bits per heavy atom. The normalized spacial score (nSPS) is 22.6. The van der Waals surface area contributed by atoms with Crippen LogP contribution in [0.5, 0.6) is 5.06 Å². The quantitative estimate of drug-likeness (QED) is 0.802. The molecule has 1 heterocycles. The molecule has 0 aromatic carbocycles. The molecular formula is C12H15NO5S2. The molecule has 0 amide bonds. The molecule has 1 aliphatic rings. The largest absolute Gasteiger partial charge is 0.487 e. The smallest absolute Gasteiger partial charge is 0.308 e. The second kappa shape index (κ2) is 5.94. The van der Waals surface area contributed by atoms with Crippen molar-refractivity contribution >= 4 is 27.3 Å². The maximum atomic E-state index is 12.2. The zero-order chi connectivity index (χ0) is 14.8. The standard InChI is InChI=1S/C12H15NO5S2/c1-18-10-6-7-11(19-10)20(16,17)13-9-5-3-2-4-8(9)12(14)15/h2-3,6-9,13H,4-5H2,1H3,(H,14,15)/t8-,9+/m0/s1. The molecule has 0 radical (unpaired) electrons. The number of hydrogen-bond donors (Lipinski definition) is 2. The minimum Gasteiger partial charge on any atom is -0.487 e. The van der Waals surface area contributed by atoms with E-state index >= 15 is 0 Å². The van der Waals surface area contributed by atoms with Gasteiger partial charge in [-0.15, -0.1) is 0 Å². The van der Waals surface area contributed by atoms with E-state index in [1.807, 2.05) is 0 Å². The van der Waals surface area contributed by atoms with Gasteiger partial charge in [-0.05, 0) is 25.0 Å². The fourth-order valence-electron chi connectivity index (χ4n) is 2.03. The van der Waals surface area contributed by atoms with Crippen LogP contribution in [0, 0.1) is 5.92 Å². The van der Waals surface area contributed by atoms with Gasteiger partial charge in [0.05, 0.1) is 13.0 Å². The topological polar surface area (TPSA) is 92.7 Å². The molecule has 110 valence electrons. The number of sulfonamides is 1. The van der Waals surface area contributed by atoms with Crippen LogP contribution < -0.4 is 9.46 Å². The van der Waals surface area contributed by atoms with E-state index in [9.17, 15) is 13.2 Å². The summed E-state index contributed by atoms with van der Waals surface area (Å²) in [6, 6.07) is 2.38. The number of thiophene rings is 1. The zero-order valence-electron chi connectivity index (χ0n) is 10.8. The number of carboxylic acids is 1. The summed E-state index contributed by atoms with van der Waals surface area (Å²) in [5, 5.41) is 9.62. The summed E-state index contributed by atoms with van der Waals surface area (Å²) >= 11 is 1.000. The first-order valence-electron chi connectivity index (χ1n) is 5.98. The number of carboxylic acid groups (broad SMARTS) is 1. The van der Waals surface area contributed by atoms with Gasteiger partial charge in [-0.2, -0.15) is 0 Å². The first kappa shape index (κ1) is 15.0. The van der Waals surface area contributed by atoms with E-state index in [0.717, 1.165) is 11.3 Å². The molecule has 0 bridgehead atoms. The predicted octanol–water partition coefficient (Wildman–Crippen LogP) is 1.45. The molecular weight excluding hydrogens is 302 g/mol. The number of carbonyl (C=O) groups is 1. The fourth-order valence-corrected chi connectivity index (χ4v) is 4.44. The van der Waals surface area contributed by atoms with Crippen LogP contribution in [-0.2, 0) is 14.8 Å². The number of hydrogen-bond acceptors (Lipinski definition) is 5. The highest BCUT2D eigenvalue weighted by Gasteiger charge is 2.32. The van der Waals surface area contributed by atoms with Crippen molar-refractivity contribution in [3.05, 3.63) is 24.3 Å². The highest BCUT2D eigenvalue weighted by Crippen LogP contribution is 2.29. The number of aliphatic carboxylic acids is 1. The van der Waals surface area contributed by atoms with Crippen molar-refractivity contribution in [3.8, 4) is 5.06 Å². The number of ether oxygens (including phenoxy) is 1. The Morgan fingerprint density at radius 1 is 1.40 bits per heavy atom. The Hall–Kier alpha value is -1.38. The summed E-state index contributed by atoms with van der Waals surface area (Å²) in [6.07, 6.45) is 4.26. The van der Waals surface area contributed by atoms with Crippen molar-refractivity contribution in [1.82, 2.24) is 4.72 Å². The minimum atomic E-state index is -3.72. The Balaban J connectivity index is 2.18. The molecule has 6 nitrogen and oxygen atoms in total. The number of allylic oxidation sites excluding steroid dienone is 1. The van der Waals surface area contributed by atoms with Gasteiger partial charge in [0, 0.05) is 6.04 Å². The lowest BCUT2D eigenvalue weighted by Crippen LogP contribution is -2.43. The van der Waals surface area contributed by atoms with E-state index in [0.29, 0.717) is 17.9 Å². The van der Waals surface area contributed by atoms with Crippen LogP contribution in [0.3, 0.4) is 0 Å². The third-order valence-electron chi connectivity index (χ3n) is 3.08. The molecule has 0 saturated heterocycles. The van der Waals surface area contributed by atoms with Crippen molar-refractivity contribution in [2.45, 2.75) is 23.1 Å². The number of nitrogens with one attached hydrogen (secondary N) is 1. The van der Waals surface area contributed by atoms with Gasteiger partial charge in [0.15, 0.2) is 5.06 Å². The summed E-state index contributed by atoms with van der Waals surface area (Å²) in [4.78, 5) is 11.2. The van der Waals surface area contributed by atoms with E-state index < -0.39 is 28.0 Å². The lowest BCUT2D eigenvalue weighted by molar-refractivity contribution is -0.142. The third kappa shape index (κ3) is 3.20. The molecule has 1 aliphatic carbocycles. The van der Waals surface area contributed by atoms with Gasteiger partial charge in [0.1, 0.15) is 4.21 Å². The lowest BCUT2D eigenvalue weighted by atomic mass is 9.90. The van der Waals surface area contributed by atoms with Crippen LogP contribution in [0.25, 0.3) is 0 Å². The summed E-state index contributed by atoms with van der Waals surface area (Å²) in [7, 11) is -2.26. The van der Waals surface area contributed by atoms with Gasteiger partial charge in [-0.25, -0.2) is 13.1 Å². The highest BCUT2D eigenvalue weighted by molar-refractivity contribution is 7.91. The van der Waals surface area contributed by atoms with Crippen molar-refractivity contribution < 1.29 is 23.1 Å². The summed E-state index contributed by atoms with van der Waals surface area (Å²) in [5.41, 5.74) is 0. The molecule has 2 N–H and O–H groups in total.